The van der Waals surface area contributed by atoms with Crippen LogP contribution in [0.1, 0.15) is 12.0 Å². The number of aromatic amines is 1. The molecule has 0 saturated heterocycles. The first-order valence-electron chi connectivity index (χ1n) is 10.2. The summed E-state index contributed by atoms with van der Waals surface area (Å²) in [5.41, 5.74) is 8.94. The molecule has 3 N–H and O–H groups in total. The van der Waals surface area contributed by atoms with E-state index >= 15 is 0 Å². The van der Waals surface area contributed by atoms with Crippen LogP contribution >= 0.6 is 11.8 Å². The second kappa shape index (κ2) is 9.78. The average Bonchev–Trinajstić information content (AvgIpc) is 3.25. The lowest BCUT2D eigenvalue weighted by Gasteiger charge is -2.13. The van der Waals surface area contributed by atoms with Gasteiger partial charge in [0.05, 0.1) is 27.9 Å². The van der Waals surface area contributed by atoms with Gasteiger partial charge >= 0.3 is 0 Å². The fourth-order valence-electron chi connectivity index (χ4n) is 3.52. The molecule has 0 spiro atoms. The first kappa shape index (κ1) is 21.8. The van der Waals surface area contributed by atoms with Crippen molar-refractivity contribution in [2.75, 3.05) is 27.1 Å². The van der Waals surface area contributed by atoms with Crippen molar-refractivity contribution in [1.29, 1.82) is 0 Å². The van der Waals surface area contributed by atoms with Crippen LogP contribution in [0.2, 0.25) is 0 Å². The number of imidazole rings is 1. The number of aryl methyl sites for hydroxylation is 2. The van der Waals surface area contributed by atoms with E-state index in [1.165, 1.54) is 17.3 Å². The van der Waals surface area contributed by atoms with E-state index < -0.39 is 0 Å². The Morgan fingerprint density at radius 2 is 1.75 bits per heavy atom. The van der Waals surface area contributed by atoms with Gasteiger partial charge in [-0.3, -0.25) is 0 Å². The third kappa shape index (κ3) is 4.57. The van der Waals surface area contributed by atoms with Crippen LogP contribution in [-0.4, -0.2) is 36.3 Å². The Bertz CT molecular complexity index is 1190. The Balaban J connectivity index is 1.58. The molecular weight excluding hydrogens is 426 g/mol. The zero-order valence-corrected chi connectivity index (χ0v) is 19.1. The molecule has 32 heavy (non-hydrogen) atoms. The highest BCUT2D eigenvalue weighted by Crippen LogP contribution is 2.42. The molecule has 4 rings (SSSR count). The van der Waals surface area contributed by atoms with Crippen molar-refractivity contribution < 1.29 is 18.8 Å². The Morgan fingerprint density at radius 3 is 2.41 bits per heavy atom. The molecule has 0 amide bonds. The number of rotatable bonds is 9. The molecule has 2 aromatic carbocycles. The summed E-state index contributed by atoms with van der Waals surface area (Å²) >= 11 is 1.45. The molecule has 4 aromatic rings. The third-order valence-electron chi connectivity index (χ3n) is 5.09. The van der Waals surface area contributed by atoms with E-state index in [2.05, 4.69) is 34.2 Å². The fraction of sp³-hybridized carbons (Fsp3) is 0.261. The molecule has 0 fully saturated rings. The van der Waals surface area contributed by atoms with E-state index in [0.717, 1.165) is 35.4 Å². The van der Waals surface area contributed by atoms with E-state index in [9.17, 15) is 0 Å². The number of methoxy groups -OCH3 is 3. The summed E-state index contributed by atoms with van der Waals surface area (Å²) in [5.74, 6) is 2.14. The molecule has 8 nitrogen and oxygen atoms in total. The zero-order chi connectivity index (χ0) is 22.5. The number of nitrogens with zero attached hydrogens (tertiary/aromatic N) is 3. The number of nitrogens with two attached hydrogens (primary N) is 1. The van der Waals surface area contributed by atoms with E-state index in [0.29, 0.717) is 28.2 Å². The van der Waals surface area contributed by atoms with Crippen molar-refractivity contribution >= 4 is 28.7 Å². The van der Waals surface area contributed by atoms with Crippen molar-refractivity contribution in [3.63, 3.8) is 0 Å². The van der Waals surface area contributed by atoms with Crippen LogP contribution < -0.4 is 24.5 Å². The second-order valence-corrected chi connectivity index (χ2v) is 8.18. The Labute approximate surface area is 190 Å². The van der Waals surface area contributed by atoms with E-state index in [4.69, 9.17) is 24.9 Å². The minimum absolute atomic E-state index is 0.420. The number of nitrogen functional groups attached to an aromatic ring is 1. The molecule has 0 atom stereocenters. The summed E-state index contributed by atoms with van der Waals surface area (Å²) in [6, 6.07) is 14.2. The quantitative estimate of drug-likeness (QED) is 0.374. The number of hydrogen-bond donors (Lipinski definition) is 2. The molecule has 0 aliphatic rings. The monoisotopic (exact) mass is 452 g/mol. The van der Waals surface area contributed by atoms with Gasteiger partial charge in [-0.2, -0.15) is 0 Å². The molecule has 2 heterocycles. The number of aromatic nitrogens is 4. The van der Waals surface area contributed by atoms with Crippen LogP contribution in [0.15, 0.2) is 58.8 Å². The molecule has 0 bridgehead atoms. The van der Waals surface area contributed by atoms with Gasteiger partial charge in [0.25, 0.3) is 5.65 Å². The van der Waals surface area contributed by atoms with E-state index in [-0.39, 0.29) is 0 Å². The first-order chi connectivity index (χ1) is 15.6. The number of fused-ring (bicyclic) bond motifs is 1. The third-order valence-corrected chi connectivity index (χ3v) is 5.95. The number of nitrogens with one attached hydrogen (secondary N) is 1. The standard InChI is InChI=1S/C23H25N5O3S/c1-29-17-12-16(13-18(30-2)20(17)31-3)32-23-26-19-21(24)25-14-28(22(19)27-23)11-7-10-15-8-5-4-6-9-15/h4-6,8-9,12-14H,7,10-11H2,1-3H3,(H2,24,26,27)/p+1. The summed E-state index contributed by atoms with van der Waals surface area (Å²) in [6.45, 7) is 0.789. The average molecular weight is 453 g/mol. The molecule has 0 saturated carbocycles. The summed E-state index contributed by atoms with van der Waals surface area (Å²) < 4.78 is 18.3. The van der Waals surface area contributed by atoms with Crippen LogP contribution in [0.3, 0.4) is 0 Å². The number of benzene rings is 2. The number of anilines is 1. The molecule has 2 aromatic heterocycles. The first-order valence-corrected chi connectivity index (χ1v) is 11.0. The highest BCUT2D eigenvalue weighted by Gasteiger charge is 2.20. The van der Waals surface area contributed by atoms with Gasteiger partial charge in [0.2, 0.25) is 23.1 Å². The van der Waals surface area contributed by atoms with Crippen molar-refractivity contribution in [2.24, 2.45) is 0 Å². The molecule has 0 unspecified atom stereocenters. The smallest absolute Gasteiger partial charge is 0.294 e. The summed E-state index contributed by atoms with van der Waals surface area (Å²) in [7, 11) is 4.77. The highest BCUT2D eigenvalue weighted by molar-refractivity contribution is 7.99. The maximum Gasteiger partial charge on any atom is 0.294 e. The Morgan fingerprint density at radius 1 is 1.03 bits per heavy atom. The van der Waals surface area contributed by atoms with Gasteiger partial charge in [-0.1, -0.05) is 40.3 Å². The number of hydrogen-bond acceptors (Lipinski definition) is 7. The van der Waals surface area contributed by atoms with Gasteiger partial charge in [-0.15, -0.1) is 0 Å². The van der Waals surface area contributed by atoms with Gasteiger partial charge in [-0.25, -0.2) is 4.57 Å². The maximum atomic E-state index is 6.12. The van der Waals surface area contributed by atoms with Crippen molar-refractivity contribution in [1.82, 2.24) is 15.0 Å². The van der Waals surface area contributed by atoms with Gasteiger partial charge in [0.1, 0.15) is 0 Å². The van der Waals surface area contributed by atoms with Crippen LogP contribution in [0.5, 0.6) is 17.2 Å². The molecule has 0 aliphatic carbocycles. The lowest BCUT2D eigenvalue weighted by Crippen LogP contribution is -2.35. The van der Waals surface area contributed by atoms with Crippen LogP contribution in [0.25, 0.3) is 11.2 Å². The maximum absolute atomic E-state index is 6.12. The lowest BCUT2D eigenvalue weighted by molar-refractivity contribution is -0.676. The van der Waals surface area contributed by atoms with Crippen molar-refractivity contribution in [3.8, 4) is 17.2 Å². The largest absolute Gasteiger partial charge is 0.493 e. The highest BCUT2D eigenvalue weighted by atomic mass is 32.2. The van der Waals surface area contributed by atoms with E-state index in [1.807, 2.05) is 22.8 Å². The second-order valence-electron chi connectivity index (χ2n) is 7.12. The van der Waals surface area contributed by atoms with Gasteiger partial charge in [-0.05, 0) is 42.3 Å². The molecule has 0 aliphatic heterocycles. The van der Waals surface area contributed by atoms with Gasteiger partial charge < -0.3 is 24.9 Å². The van der Waals surface area contributed by atoms with Gasteiger partial charge in [0.15, 0.2) is 17.0 Å². The summed E-state index contributed by atoms with van der Waals surface area (Å²) in [4.78, 5) is 13.3. The van der Waals surface area contributed by atoms with Crippen molar-refractivity contribution in [3.05, 3.63) is 54.4 Å². The molecule has 166 valence electrons. The Hall–Kier alpha value is -3.46. The number of H-pyrrole nitrogens is 1. The Kier molecular flexibility index (Phi) is 6.65. The number of ether oxygens (including phenoxy) is 3. The summed E-state index contributed by atoms with van der Waals surface area (Å²) in [6.07, 6.45) is 3.70. The van der Waals surface area contributed by atoms with Crippen LogP contribution in [0.4, 0.5) is 5.82 Å². The van der Waals surface area contributed by atoms with Crippen LogP contribution in [-0.2, 0) is 13.0 Å². The predicted molar refractivity (Wildman–Crippen MR) is 123 cm³/mol. The molecular formula is C23H26N5O3S+. The normalized spacial score (nSPS) is 11.0. The minimum Gasteiger partial charge on any atom is -0.493 e. The van der Waals surface area contributed by atoms with E-state index in [1.54, 1.807) is 27.7 Å². The fourth-order valence-corrected chi connectivity index (χ4v) is 4.36. The molecule has 0 radical (unpaired) electrons. The topological polar surface area (TPSA) is 99.2 Å². The minimum atomic E-state index is 0.420. The summed E-state index contributed by atoms with van der Waals surface area (Å²) in [5, 5.41) is 0.700. The SMILES string of the molecule is COc1cc(Sc2nc3c([nH]2)c(N)nc[n+]3CCCc2ccccc2)cc(OC)c1OC. The lowest BCUT2D eigenvalue weighted by atomic mass is 10.1. The zero-order valence-electron chi connectivity index (χ0n) is 18.3. The van der Waals surface area contributed by atoms with Crippen LogP contribution in [0, 0.1) is 0 Å². The predicted octanol–water partition coefficient (Wildman–Crippen LogP) is 3.64. The van der Waals surface area contributed by atoms with Gasteiger partial charge in [0, 0.05) is 4.90 Å². The van der Waals surface area contributed by atoms with Crippen molar-refractivity contribution in [2.45, 2.75) is 29.4 Å². The molecule has 9 heteroatoms.